The minimum absolute atomic E-state index is 0.108. The molecule has 0 radical (unpaired) electrons. The first-order valence-corrected chi connectivity index (χ1v) is 5.39. The van der Waals surface area contributed by atoms with Crippen LogP contribution in [0.25, 0.3) is 0 Å². The molecular formula is C12H16N2O3. The molecule has 0 saturated carbocycles. The van der Waals surface area contributed by atoms with Crippen LogP contribution in [0.1, 0.15) is 19.8 Å². The molecule has 5 heteroatoms. The molecule has 1 aromatic carbocycles. The van der Waals surface area contributed by atoms with Crippen LogP contribution in [0.15, 0.2) is 30.9 Å². The summed E-state index contributed by atoms with van der Waals surface area (Å²) in [7, 11) is 0. The van der Waals surface area contributed by atoms with E-state index in [9.17, 15) is 15.2 Å². The minimum Gasteiger partial charge on any atom is -0.508 e. The first-order chi connectivity index (χ1) is 8.04. The Hall–Kier alpha value is -2.04. The van der Waals surface area contributed by atoms with Crippen LogP contribution in [0.2, 0.25) is 0 Å². The van der Waals surface area contributed by atoms with Gasteiger partial charge in [-0.05, 0) is 31.9 Å². The zero-order valence-corrected chi connectivity index (χ0v) is 9.72. The van der Waals surface area contributed by atoms with Crippen LogP contribution < -0.4 is 5.32 Å². The lowest BCUT2D eigenvalue weighted by molar-refractivity contribution is -0.384. The quantitative estimate of drug-likeness (QED) is 0.344. The lowest BCUT2D eigenvalue weighted by atomic mass is 10.1. The molecule has 1 rings (SSSR count). The van der Waals surface area contributed by atoms with Crippen molar-refractivity contribution >= 4 is 11.4 Å². The first-order valence-electron chi connectivity index (χ1n) is 5.39. The molecule has 2 N–H and O–H groups in total. The highest BCUT2D eigenvalue weighted by atomic mass is 16.6. The molecule has 0 aliphatic rings. The second-order valence-corrected chi connectivity index (χ2v) is 3.87. The normalized spacial score (nSPS) is 11.8. The average Bonchev–Trinajstić information content (AvgIpc) is 2.28. The lowest BCUT2D eigenvalue weighted by Crippen LogP contribution is -2.15. The summed E-state index contributed by atoms with van der Waals surface area (Å²) < 4.78 is 0. The maximum absolute atomic E-state index is 10.8. The van der Waals surface area contributed by atoms with Crippen molar-refractivity contribution in [1.82, 2.24) is 0 Å². The summed E-state index contributed by atoms with van der Waals surface area (Å²) in [5, 5.41) is 23.1. The second kappa shape index (κ2) is 5.89. The van der Waals surface area contributed by atoms with E-state index in [0.29, 0.717) is 5.69 Å². The number of hydrogen-bond donors (Lipinski definition) is 2. The molecule has 0 heterocycles. The van der Waals surface area contributed by atoms with Crippen LogP contribution in [0.4, 0.5) is 11.4 Å². The van der Waals surface area contributed by atoms with E-state index >= 15 is 0 Å². The SMILES string of the molecule is C=CCCC(C)Nc1ccc(O)cc1[N+](=O)[O-]. The topological polar surface area (TPSA) is 75.4 Å². The summed E-state index contributed by atoms with van der Waals surface area (Å²) >= 11 is 0. The fourth-order valence-electron chi connectivity index (χ4n) is 1.50. The van der Waals surface area contributed by atoms with E-state index in [0.717, 1.165) is 18.9 Å². The third-order valence-electron chi connectivity index (χ3n) is 2.38. The number of aromatic hydroxyl groups is 1. The van der Waals surface area contributed by atoms with Crippen molar-refractivity contribution in [3.8, 4) is 5.75 Å². The Bertz CT molecular complexity index is 418. The van der Waals surface area contributed by atoms with Crippen LogP contribution in [0.3, 0.4) is 0 Å². The number of benzene rings is 1. The van der Waals surface area contributed by atoms with E-state index < -0.39 is 4.92 Å². The number of nitrogens with one attached hydrogen (secondary N) is 1. The van der Waals surface area contributed by atoms with Gasteiger partial charge in [0.25, 0.3) is 5.69 Å². The molecule has 1 aromatic rings. The molecule has 0 amide bonds. The van der Waals surface area contributed by atoms with Gasteiger partial charge in [0.05, 0.1) is 11.0 Å². The summed E-state index contributed by atoms with van der Waals surface area (Å²) in [6.45, 7) is 5.57. The van der Waals surface area contributed by atoms with Crippen LogP contribution in [0, 0.1) is 10.1 Å². The molecule has 0 aliphatic carbocycles. The second-order valence-electron chi connectivity index (χ2n) is 3.87. The van der Waals surface area contributed by atoms with Crippen molar-refractivity contribution in [2.75, 3.05) is 5.32 Å². The monoisotopic (exact) mass is 236 g/mol. The molecule has 0 bridgehead atoms. The summed E-state index contributed by atoms with van der Waals surface area (Å²) in [4.78, 5) is 10.3. The van der Waals surface area contributed by atoms with E-state index in [4.69, 9.17) is 0 Å². The zero-order valence-electron chi connectivity index (χ0n) is 9.72. The number of anilines is 1. The van der Waals surface area contributed by atoms with Gasteiger partial charge in [0.15, 0.2) is 0 Å². The van der Waals surface area contributed by atoms with Crippen LogP contribution >= 0.6 is 0 Å². The van der Waals surface area contributed by atoms with E-state index in [1.165, 1.54) is 12.1 Å². The third kappa shape index (κ3) is 3.79. The number of allylic oxidation sites excluding steroid dienone is 1. The number of hydrogen-bond acceptors (Lipinski definition) is 4. The van der Waals surface area contributed by atoms with E-state index in [-0.39, 0.29) is 17.5 Å². The van der Waals surface area contributed by atoms with Gasteiger partial charge in [-0.25, -0.2) is 0 Å². The molecule has 17 heavy (non-hydrogen) atoms. The highest BCUT2D eigenvalue weighted by molar-refractivity contribution is 5.64. The molecule has 5 nitrogen and oxygen atoms in total. The maximum atomic E-state index is 10.8. The van der Waals surface area contributed by atoms with Crippen molar-refractivity contribution in [1.29, 1.82) is 0 Å². The number of rotatable bonds is 6. The predicted molar refractivity (Wildman–Crippen MR) is 67.3 cm³/mol. The Kier molecular flexibility index (Phi) is 4.51. The van der Waals surface area contributed by atoms with E-state index in [1.807, 2.05) is 13.0 Å². The van der Waals surface area contributed by atoms with Crippen molar-refractivity contribution in [3.63, 3.8) is 0 Å². The summed E-state index contributed by atoms with van der Waals surface area (Å²) in [5.41, 5.74) is 0.305. The highest BCUT2D eigenvalue weighted by Gasteiger charge is 2.15. The number of nitro benzene ring substituents is 1. The predicted octanol–water partition coefficient (Wildman–Crippen LogP) is 3.07. The van der Waals surface area contributed by atoms with E-state index in [1.54, 1.807) is 0 Å². The van der Waals surface area contributed by atoms with Crippen LogP contribution in [-0.4, -0.2) is 16.1 Å². The third-order valence-corrected chi connectivity index (χ3v) is 2.38. The van der Waals surface area contributed by atoms with Gasteiger partial charge < -0.3 is 10.4 Å². The molecule has 0 aromatic heterocycles. The molecule has 0 fully saturated rings. The standard InChI is InChI=1S/C12H16N2O3/c1-3-4-5-9(2)13-11-7-6-10(15)8-12(11)14(16)17/h3,6-9,13,15H,1,4-5H2,2H3. The summed E-state index contributed by atoms with van der Waals surface area (Å²) in [6.07, 6.45) is 3.50. The Labute approximate surface area is 99.9 Å². The van der Waals surface area contributed by atoms with Gasteiger partial charge in [-0.2, -0.15) is 0 Å². The van der Waals surface area contributed by atoms with Crippen molar-refractivity contribution in [2.24, 2.45) is 0 Å². The largest absolute Gasteiger partial charge is 0.508 e. The molecular weight excluding hydrogens is 220 g/mol. The molecule has 1 unspecified atom stereocenters. The van der Waals surface area contributed by atoms with Crippen molar-refractivity contribution < 1.29 is 10.0 Å². The van der Waals surface area contributed by atoms with Gasteiger partial charge in [0, 0.05) is 6.04 Å². The molecule has 0 spiro atoms. The highest BCUT2D eigenvalue weighted by Crippen LogP contribution is 2.29. The van der Waals surface area contributed by atoms with Gasteiger partial charge in [0.2, 0.25) is 0 Å². The van der Waals surface area contributed by atoms with Gasteiger partial charge in [-0.15, -0.1) is 6.58 Å². The fourth-order valence-corrected chi connectivity index (χ4v) is 1.50. The number of nitro groups is 1. The Morgan fingerprint density at radius 1 is 1.65 bits per heavy atom. The molecule has 0 aliphatic heterocycles. The lowest BCUT2D eigenvalue weighted by Gasteiger charge is -2.14. The molecule has 92 valence electrons. The summed E-state index contributed by atoms with van der Waals surface area (Å²) in [5.74, 6) is -0.110. The smallest absolute Gasteiger partial charge is 0.296 e. The molecule has 0 saturated heterocycles. The van der Waals surface area contributed by atoms with Crippen LogP contribution in [0.5, 0.6) is 5.75 Å². The zero-order chi connectivity index (χ0) is 12.8. The number of phenolic OH excluding ortho intramolecular Hbond substituents is 1. The Morgan fingerprint density at radius 2 is 2.35 bits per heavy atom. The molecule has 1 atom stereocenters. The van der Waals surface area contributed by atoms with Crippen molar-refractivity contribution in [3.05, 3.63) is 41.0 Å². The van der Waals surface area contributed by atoms with Gasteiger partial charge >= 0.3 is 0 Å². The van der Waals surface area contributed by atoms with Gasteiger partial charge in [-0.1, -0.05) is 6.08 Å². The van der Waals surface area contributed by atoms with E-state index in [2.05, 4.69) is 11.9 Å². The Balaban J connectivity index is 2.82. The number of nitrogens with zero attached hydrogens (tertiary/aromatic N) is 1. The maximum Gasteiger partial charge on any atom is 0.296 e. The van der Waals surface area contributed by atoms with Crippen molar-refractivity contribution in [2.45, 2.75) is 25.8 Å². The van der Waals surface area contributed by atoms with Crippen LogP contribution in [-0.2, 0) is 0 Å². The Morgan fingerprint density at radius 3 is 2.94 bits per heavy atom. The minimum atomic E-state index is -0.512. The van der Waals surface area contributed by atoms with Gasteiger partial charge in [-0.3, -0.25) is 10.1 Å². The number of phenols is 1. The fraction of sp³-hybridized carbons (Fsp3) is 0.333. The van der Waals surface area contributed by atoms with Gasteiger partial charge in [0.1, 0.15) is 11.4 Å². The summed E-state index contributed by atoms with van der Waals surface area (Å²) in [6, 6.07) is 4.19. The average molecular weight is 236 g/mol. The first kappa shape index (κ1) is 13.0.